The van der Waals surface area contributed by atoms with Crippen molar-refractivity contribution in [2.75, 3.05) is 47.3 Å². The van der Waals surface area contributed by atoms with Crippen LogP contribution in [0.5, 0.6) is 17.2 Å². The van der Waals surface area contributed by atoms with Gasteiger partial charge in [-0.2, -0.15) is 0 Å². The molecule has 0 atom stereocenters. The van der Waals surface area contributed by atoms with Crippen LogP contribution in [0.3, 0.4) is 0 Å². The minimum absolute atomic E-state index is 0. The van der Waals surface area contributed by atoms with Gasteiger partial charge in [0.05, 0.1) is 7.11 Å². The lowest BCUT2D eigenvalue weighted by molar-refractivity contribution is 0.0513. The Hall–Kier alpha value is -2.20. The molecule has 2 aromatic carbocycles. The average Bonchev–Trinajstić information content (AvgIpc) is 3.30. The zero-order valence-corrected chi connectivity index (χ0v) is 21.0. The summed E-state index contributed by atoms with van der Waals surface area (Å²) in [6.45, 7) is 3.31. The molecule has 174 valence electrons. The van der Waals surface area contributed by atoms with E-state index in [1.165, 1.54) is 11.1 Å². The first-order chi connectivity index (χ1) is 15.2. The monoisotopic (exact) mass is 553 g/mol. The van der Waals surface area contributed by atoms with Crippen LogP contribution in [0, 0.1) is 0 Å². The Balaban J connectivity index is 0.00000289. The Morgan fingerprint density at radius 1 is 1.06 bits per heavy atom. The van der Waals surface area contributed by atoms with Gasteiger partial charge >= 0.3 is 0 Å². The van der Waals surface area contributed by atoms with Crippen LogP contribution in [0.2, 0.25) is 0 Å². The van der Waals surface area contributed by atoms with Crippen molar-refractivity contribution in [3.63, 3.8) is 0 Å². The molecule has 0 aromatic heterocycles. The highest BCUT2D eigenvalue weighted by Crippen LogP contribution is 2.40. The van der Waals surface area contributed by atoms with Crippen molar-refractivity contribution in [2.24, 2.45) is 4.99 Å². The number of guanidine groups is 1. The standard InChI is InChI=1S/C24H31N3O4.HI/c1-25-23(26-12-9-18-5-3-4-6-20(18)28-2)27-16-24(10-13-29-14-11-24)19-7-8-21-22(15-19)31-17-30-21;/h3-8,15H,9-14,16-17H2,1-2H3,(H2,25,26,27);1H. The van der Waals surface area contributed by atoms with Gasteiger partial charge in [-0.3, -0.25) is 4.99 Å². The van der Waals surface area contributed by atoms with Gasteiger partial charge in [0.25, 0.3) is 0 Å². The Morgan fingerprint density at radius 3 is 2.62 bits per heavy atom. The van der Waals surface area contributed by atoms with E-state index < -0.39 is 0 Å². The lowest BCUT2D eigenvalue weighted by atomic mass is 9.74. The second-order valence-electron chi connectivity index (χ2n) is 7.88. The van der Waals surface area contributed by atoms with E-state index in [0.717, 1.165) is 68.8 Å². The van der Waals surface area contributed by atoms with Crippen molar-refractivity contribution in [3.8, 4) is 17.2 Å². The molecule has 2 aliphatic heterocycles. The largest absolute Gasteiger partial charge is 0.496 e. The van der Waals surface area contributed by atoms with Crippen molar-refractivity contribution in [1.29, 1.82) is 0 Å². The van der Waals surface area contributed by atoms with Crippen molar-refractivity contribution in [3.05, 3.63) is 53.6 Å². The number of ether oxygens (including phenoxy) is 4. The fraction of sp³-hybridized carbons (Fsp3) is 0.458. The van der Waals surface area contributed by atoms with E-state index in [4.69, 9.17) is 18.9 Å². The van der Waals surface area contributed by atoms with E-state index in [2.05, 4.69) is 33.8 Å². The Morgan fingerprint density at radius 2 is 1.84 bits per heavy atom. The fourth-order valence-electron chi connectivity index (χ4n) is 4.25. The maximum absolute atomic E-state index is 5.67. The first-order valence-electron chi connectivity index (χ1n) is 10.8. The van der Waals surface area contributed by atoms with Crippen LogP contribution >= 0.6 is 24.0 Å². The Bertz CT molecular complexity index is 916. The molecule has 0 radical (unpaired) electrons. The summed E-state index contributed by atoms with van der Waals surface area (Å²) >= 11 is 0. The smallest absolute Gasteiger partial charge is 0.231 e. The van der Waals surface area contributed by atoms with Crippen molar-refractivity contribution >= 4 is 29.9 Å². The first-order valence-corrected chi connectivity index (χ1v) is 10.8. The van der Waals surface area contributed by atoms with Crippen LogP contribution in [0.25, 0.3) is 0 Å². The molecule has 0 amide bonds. The number of halogens is 1. The third kappa shape index (κ3) is 5.58. The molecule has 4 rings (SSSR count). The number of aliphatic imine (C=N–C) groups is 1. The molecular formula is C24H32IN3O4. The zero-order valence-electron chi connectivity index (χ0n) is 18.7. The average molecular weight is 553 g/mol. The van der Waals surface area contributed by atoms with Gasteiger partial charge in [-0.05, 0) is 48.6 Å². The number of fused-ring (bicyclic) bond motifs is 1. The predicted molar refractivity (Wildman–Crippen MR) is 136 cm³/mol. The number of nitrogens with one attached hydrogen (secondary N) is 2. The minimum Gasteiger partial charge on any atom is -0.496 e. The molecule has 8 heteroatoms. The number of benzene rings is 2. The third-order valence-corrected chi connectivity index (χ3v) is 6.13. The fourth-order valence-corrected chi connectivity index (χ4v) is 4.25. The highest BCUT2D eigenvalue weighted by Gasteiger charge is 2.35. The van der Waals surface area contributed by atoms with E-state index >= 15 is 0 Å². The summed E-state index contributed by atoms with van der Waals surface area (Å²) < 4.78 is 22.2. The van der Waals surface area contributed by atoms with Gasteiger partial charge in [0.15, 0.2) is 17.5 Å². The van der Waals surface area contributed by atoms with Crippen LogP contribution in [0.15, 0.2) is 47.5 Å². The van der Waals surface area contributed by atoms with E-state index in [1.54, 1.807) is 14.2 Å². The maximum Gasteiger partial charge on any atom is 0.231 e. The quantitative estimate of drug-likeness (QED) is 0.311. The lowest BCUT2D eigenvalue weighted by Crippen LogP contribution is -2.48. The van der Waals surface area contributed by atoms with Crippen LogP contribution < -0.4 is 24.8 Å². The highest BCUT2D eigenvalue weighted by molar-refractivity contribution is 14.0. The van der Waals surface area contributed by atoms with E-state index in [0.29, 0.717) is 0 Å². The molecule has 1 saturated heterocycles. The van der Waals surface area contributed by atoms with E-state index in [9.17, 15) is 0 Å². The van der Waals surface area contributed by atoms with Crippen LogP contribution in [-0.2, 0) is 16.6 Å². The zero-order chi connectivity index (χ0) is 21.5. The van der Waals surface area contributed by atoms with Gasteiger partial charge < -0.3 is 29.6 Å². The van der Waals surface area contributed by atoms with Crippen LogP contribution in [-0.4, -0.2) is 53.2 Å². The number of methoxy groups -OCH3 is 1. The van der Waals surface area contributed by atoms with Crippen molar-refractivity contribution < 1.29 is 18.9 Å². The van der Waals surface area contributed by atoms with E-state index in [-0.39, 0.29) is 36.2 Å². The Labute approximate surface area is 206 Å². The molecule has 0 unspecified atom stereocenters. The van der Waals surface area contributed by atoms with Crippen LogP contribution in [0.4, 0.5) is 0 Å². The summed E-state index contributed by atoms with van der Waals surface area (Å²) in [6.07, 6.45) is 2.74. The molecule has 2 heterocycles. The third-order valence-electron chi connectivity index (χ3n) is 6.13. The lowest BCUT2D eigenvalue weighted by Gasteiger charge is -2.38. The summed E-state index contributed by atoms with van der Waals surface area (Å²) in [5.74, 6) is 3.34. The molecular weight excluding hydrogens is 521 g/mol. The van der Waals surface area contributed by atoms with Crippen LogP contribution in [0.1, 0.15) is 24.0 Å². The number of para-hydroxylation sites is 1. The van der Waals surface area contributed by atoms with Crippen molar-refractivity contribution in [1.82, 2.24) is 10.6 Å². The molecule has 32 heavy (non-hydrogen) atoms. The second-order valence-corrected chi connectivity index (χ2v) is 7.88. The predicted octanol–water partition coefficient (Wildman–Crippen LogP) is 3.50. The molecule has 1 fully saturated rings. The van der Waals surface area contributed by atoms with Crippen molar-refractivity contribution in [2.45, 2.75) is 24.7 Å². The molecule has 2 aromatic rings. The van der Waals surface area contributed by atoms with E-state index in [1.807, 2.05) is 24.3 Å². The van der Waals surface area contributed by atoms with Gasteiger partial charge in [-0.15, -0.1) is 24.0 Å². The summed E-state index contributed by atoms with van der Waals surface area (Å²) in [7, 11) is 3.51. The summed E-state index contributed by atoms with van der Waals surface area (Å²) in [5, 5.41) is 6.97. The van der Waals surface area contributed by atoms with Gasteiger partial charge in [0, 0.05) is 38.8 Å². The molecule has 0 spiro atoms. The highest BCUT2D eigenvalue weighted by atomic mass is 127. The molecule has 0 bridgehead atoms. The number of rotatable bonds is 7. The summed E-state index contributed by atoms with van der Waals surface area (Å²) in [6, 6.07) is 14.4. The topological polar surface area (TPSA) is 73.3 Å². The SMILES string of the molecule is CN=C(NCCc1ccccc1OC)NCC1(c2ccc3c(c2)OCO3)CCOCC1.I. The molecule has 0 aliphatic carbocycles. The first kappa shape index (κ1) is 24.4. The number of hydrogen-bond acceptors (Lipinski definition) is 5. The molecule has 2 N–H and O–H groups in total. The second kappa shape index (κ2) is 11.6. The molecule has 0 saturated carbocycles. The Kier molecular flexibility index (Phi) is 8.86. The molecule has 2 aliphatic rings. The van der Waals surface area contributed by atoms with Gasteiger partial charge in [0.2, 0.25) is 6.79 Å². The minimum atomic E-state index is -0.0422. The van der Waals surface area contributed by atoms with Gasteiger partial charge in [-0.25, -0.2) is 0 Å². The summed E-state index contributed by atoms with van der Waals surface area (Å²) in [5.41, 5.74) is 2.38. The van der Waals surface area contributed by atoms with Gasteiger partial charge in [-0.1, -0.05) is 24.3 Å². The molecule has 7 nitrogen and oxygen atoms in total. The number of nitrogens with zero attached hydrogens (tertiary/aromatic N) is 1. The van der Waals surface area contributed by atoms with Gasteiger partial charge in [0.1, 0.15) is 5.75 Å². The number of hydrogen-bond donors (Lipinski definition) is 2. The maximum atomic E-state index is 5.67. The summed E-state index contributed by atoms with van der Waals surface area (Å²) in [4.78, 5) is 4.42. The normalized spacial score (nSPS) is 16.8.